The highest BCUT2D eigenvalue weighted by Crippen LogP contribution is 2.20. The van der Waals surface area contributed by atoms with Crippen molar-refractivity contribution in [3.63, 3.8) is 0 Å². The second kappa shape index (κ2) is 8.39. The molecule has 3 rings (SSSR count). The van der Waals surface area contributed by atoms with Crippen LogP contribution in [0.3, 0.4) is 0 Å². The molecule has 2 aromatic heterocycles. The topological polar surface area (TPSA) is 70.7 Å². The summed E-state index contributed by atoms with van der Waals surface area (Å²) >= 11 is 0. The van der Waals surface area contributed by atoms with Crippen molar-refractivity contribution in [2.45, 2.75) is 46.3 Å². The summed E-state index contributed by atoms with van der Waals surface area (Å²) in [6.07, 6.45) is 5.10. The summed E-state index contributed by atoms with van der Waals surface area (Å²) in [5.74, 6) is 0.535. The second-order valence-corrected chi connectivity index (χ2v) is 6.84. The summed E-state index contributed by atoms with van der Waals surface area (Å²) in [5.41, 5.74) is 2.47. The molecule has 0 bridgehead atoms. The highest BCUT2D eigenvalue weighted by molar-refractivity contribution is 6.00. The Morgan fingerprint density at radius 2 is 2.11 bits per heavy atom. The van der Waals surface area contributed by atoms with Gasteiger partial charge in [0.05, 0.1) is 6.10 Å². The third-order valence-electron chi connectivity index (χ3n) is 4.77. The Labute approximate surface area is 158 Å². The number of hydrogen-bond donors (Lipinski definition) is 0. The van der Waals surface area contributed by atoms with Gasteiger partial charge in [-0.15, -0.1) is 0 Å². The highest BCUT2D eigenvalue weighted by Gasteiger charge is 2.21. The number of aryl methyl sites for hydroxylation is 2. The van der Waals surface area contributed by atoms with Crippen LogP contribution in [-0.4, -0.2) is 35.6 Å². The average Bonchev–Trinajstić information content (AvgIpc) is 3.36. The SMILES string of the molecule is Cc1ccc(/C=C/C(=O)OCC(=O)c2cc(C)n(C[C@H]3CCCO3)c2C)o1. The van der Waals surface area contributed by atoms with E-state index in [9.17, 15) is 9.59 Å². The number of aromatic nitrogens is 1. The van der Waals surface area contributed by atoms with Crippen molar-refractivity contribution in [1.82, 2.24) is 4.57 Å². The lowest BCUT2D eigenvalue weighted by Crippen LogP contribution is -2.18. The van der Waals surface area contributed by atoms with Crippen molar-refractivity contribution in [3.8, 4) is 0 Å². The zero-order valence-corrected chi connectivity index (χ0v) is 16.0. The molecular weight excluding hydrogens is 346 g/mol. The van der Waals surface area contributed by atoms with Gasteiger partial charge in [-0.2, -0.15) is 0 Å². The van der Waals surface area contributed by atoms with E-state index in [1.54, 1.807) is 12.1 Å². The van der Waals surface area contributed by atoms with E-state index in [1.807, 2.05) is 26.8 Å². The van der Waals surface area contributed by atoms with Crippen molar-refractivity contribution in [3.05, 3.63) is 52.7 Å². The smallest absolute Gasteiger partial charge is 0.331 e. The van der Waals surface area contributed by atoms with Crippen LogP contribution >= 0.6 is 0 Å². The van der Waals surface area contributed by atoms with E-state index in [4.69, 9.17) is 13.9 Å². The molecule has 1 fully saturated rings. The van der Waals surface area contributed by atoms with Crippen LogP contribution in [0.4, 0.5) is 0 Å². The molecule has 0 radical (unpaired) electrons. The number of rotatable bonds is 7. The molecule has 0 aromatic carbocycles. The Morgan fingerprint density at radius 3 is 2.78 bits per heavy atom. The molecule has 1 aliphatic rings. The minimum atomic E-state index is -0.578. The fourth-order valence-corrected chi connectivity index (χ4v) is 3.31. The number of Topliss-reactive ketones (excluding diaryl/α,β-unsaturated/α-hetero) is 1. The molecule has 1 aliphatic heterocycles. The summed E-state index contributed by atoms with van der Waals surface area (Å²) in [5, 5.41) is 0. The van der Waals surface area contributed by atoms with Crippen LogP contribution in [0.1, 0.15) is 46.1 Å². The van der Waals surface area contributed by atoms with Gasteiger partial charge in [0.25, 0.3) is 0 Å². The Kier molecular flexibility index (Phi) is 5.96. The maximum Gasteiger partial charge on any atom is 0.331 e. The Morgan fingerprint density at radius 1 is 1.30 bits per heavy atom. The molecule has 6 nitrogen and oxygen atoms in total. The largest absolute Gasteiger partial charge is 0.462 e. The number of ketones is 1. The number of hydrogen-bond acceptors (Lipinski definition) is 5. The fourth-order valence-electron chi connectivity index (χ4n) is 3.31. The molecular formula is C21H25NO5. The molecule has 0 amide bonds. The Hall–Kier alpha value is -2.60. The van der Waals surface area contributed by atoms with Crippen LogP contribution in [0.5, 0.6) is 0 Å². The fraction of sp³-hybridized carbons (Fsp3) is 0.429. The summed E-state index contributed by atoms with van der Waals surface area (Å²) in [6.45, 7) is 6.97. The molecule has 1 atom stereocenters. The minimum Gasteiger partial charge on any atom is -0.462 e. The van der Waals surface area contributed by atoms with Gasteiger partial charge in [0.15, 0.2) is 6.61 Å². The third-order valence-corrected chi connectivity index (χ3v) is 4.77. The second-order valence-electron chi connectivity index (χ2n) is 6.84. The molecule has 3 heterocycles. The number of carbonyl (C=O) groups excluding carboxylic acids is 2. The molecule has 0 N–H and O–H groups in total. The first-order valence-corrected chi connectivity index (χ1v) is 9.17. The van der Waals surface area contributed by atoms with E-state index < -0.39 is 5.97 Å². The molecule has 0 saturated carbocycles. The van der Waals surface area contributed by atoms with Gasteiger partial charge in [0.1, 0.15) is 11.5 Å². The summed E-state index contributed by atoms with van der Waals surface area (Å²) in [7, 11) is 0. The van der Waals surface area contributed by atoms with Crippen LogP contribution in [0.2, 0.25) is 0 Å². The van der Waals surface area contributed by atoms with Gasteiger partial charge in [0, 0.05) is 36.2 Å². The average molecular weight is 371 g/mol. The molecule has 0 unspecified atom stereocenters. The molecule has 27 heavy (non-hydrogen) atoms. The molecule has 0 aliphatic carbocycles. The van der Waals surface area contributed by atoms with Gasteiger partial charge in [-0.05, 0) is 57.9 Å². The van der Waals surface area contributed by atoms with Crippen LogP contribution < -0.4 is 0 Å². The summed E-state index contributed by atoms with van der Waals surface area (Å²) in [6, 6.07) is 5.41. The van der Waals surface area contributed by atoms with Crippen molar-refractivity contribution in [2.75, 3.05) is 13.2 Å². The van der Waals surface area contributed by atoms with Gasteiger partial charge in [-0.1, -0.05) is 0 Å². The number of nitrogens with zero attached hydrogens (tertiary/aromatic N) is 1. The molecule has 0 spiro atoms. The lowest BCUT2D eigenvalue weighted by Gasteiger charge is -2.14. The van der Waals surface area contributed by atoms with E-state index in [2.05, 4.69) is 4.57 Å². The number of furan rings is 1. The van der Waals surface area contributed by atoms with Gasteiger partial charge in [-0.3, -0.25) is 4.79 Å². The Balaban J connectivity index is 1.57. The van der Waals surface area contributed by atoms with Gasteiger partial charge < -0.3 is 18.5 Å². The van der Waals surface area contributed by atoms with Crippen LogP contribution in [0.25, 0.3) is 6.08 Å². The molecule has 6 heteroatoms. The number of carbonyl (C=O) groups is 2. The predicted molar refractivity (Wildman–Crippen MR) is 101 cm³/mol. The van der Waals surface area contributed by atoms with E-state index in [0.717, 1.165) is 43.1 Å². The standard InChI is InChI=1S/C21H25NO5/c1-14-11-19(16(3)22(14)12-18-5-4-10-25-18)20(23)13-26-21(24)9-8-17-7-6-15(2)27-17/h6-9,11,18H,4-5,10,12-13H2,1-3H3/b9-8+/t18-/m1/s1. The van der Waals surface area contributed by atoms with Crippen LogP contribution in [-0.2, 0) is 20.8 Å². The number of ether oxygens (including phenoxy) is 2. The minimum absolute atomic E-state index is 0.200. The van der Waals surface area contributed by atoms with Gasteiger partial charge in [-0.25, -0.2) is 4.79 Å². The maximum absolute atomic E-state index is 12.5. The molecule has 1 saturated heterocycles. The third kappa shape index (κ3) is 4.77. The Bertz CT molecular complexity index is 852. The zero-order valence-electron chi connectivity index (χ0n) is 16.0. The predicted octanol–water partition coefficient (Wildman–Crippen LogP) is 3.62. The number of esters is 1. The normalized spacial score (nSPS) is 16.9. The molecule has 144 valence electrons. The van der Waals surface area contributed by atoms with Crippen molar-refractivity contribution in [2.24, 2.45) is 0 Å². The van der Waals surface area contributed by atoms with Crippen molar-refractivity contribution in [1.29, 1.82) is 0 Å². The van der Waals surface area contributed by atoms with Gasteiger partial charge in [0.2, 0.25) is 5.78 Å². The first kappa shape index (κ1) is 19.2. The molecule has 2 aromatic rings. The van der Waals surface area contributed by atoms with Gasteiger partial charge >= 0.3 is 5.97 Å². The van der Waals surface area contributed by atoms with Crippen molar-refractivity contribution >= 4 is 17.8 Å². The summed E-state index contributed by atoms with van der Waals surface area (Å²) < 4.78 is 18.2. The first-order valence-electron chi connectivity index (χ1n) is 9.17. The monoisotopic (exact) mass is 371 g/mol. The quantitative estimate of drug-likeness (QED) is 0.422. The van der Waals surface area contributed by atoms with E-state index in [0.29, 0.717) is 11.3 Å². The lowest BCUT2D eigenvalue weighted by atomic mass is 10.1. The van der Waals surface area contributed by atoms with E-state index in [1.165, 1.54) is 12.2 Å². The van der Waals surface area contributed by atoms with E-state index in [-0.39, 0.29) is 18.5 Å². The van der Waals surface area contributed by atoms with Crippen molar-refractivity contribution < 1.29 is 23.5 Å². The maximum atomic E-state index is 12.5. The zero-order chi connectivity index (χ0) is 19.4. The van der Waals surface area contributed by atoms with Crippen LogP contribution in [0, 0.1) is 20.8 Å². The first-order chi connectivity index (χ1) is 12.9. The lowest BCUT2D eigenvalue weighted by molar-refractivity contribution is -0.136. The van der Waals surface area contributed by atoms with Crippen LogP contribution in [0.15, 0.2) is 28.7 Å². The van der Waals surface area contributed by atoms with E-state index >= 15 is 0 Å². The highest BCUT2D eigenvalue weighted by atomic mass is 16.5. The summed E-state index contributed by atoms with van der Waals surface area (Å²) in [4.78, 5) is 24.3.